The van der Waals surface area contributed by atoms with E-state index in [1.807, 2.05) is 6.07 Å². The molecule has 4 rings (SSSR count). The summed E-state index contributed by atoms with van der Waals surface area (Å²) in [6.07, 6.45) is 3.45. The number of carboxylic acid groups (broad SMARTS) is 1. The van der Waals surface area contributed by atoms with Gasteiger partial charge in [-0.1, -0.05) is 48.5 Å². The van der Waals surface area contributed by atoms with Gasteiger partial charge in [-0.25, -0.2) is 0 Å². The fourth-order valence-corrected chi connectivity index (χ4v) is 4.41. The molecule has 128 valence electrons. The van der Waals surface area contributed by atoms with E-state index in [2.05, 4.69) is 60.1 Å². The highest BCUT2D eigenvalue weighted by molar-refractivity contribution is 5.92. The molecule has 1 saturated carbocycles. The fraction of sp³-hybridized carbons (Fsp3) is 0.318. The van der Waals surface area contributed by atoms with Gasteiger partial charge in [-0.05, 0) is 48.8 Å². The van der Waals surface area contributed by atoms with E-state index < -0.39 is 5.97 Å². The topological polar surface area (TPSA) is 42.2 Å². The average molecular weight is 333 g/mol. The van der Waals surface area contributed by atoms with Crippen LogP contribution in [0.4, 0.5) is 0 Å². The van der Waals surface area contributed by atoms with E-state index in [9.17, 15) is 9.90 Å². The summed E-state index contributed by atoms with van der Waals surface area (Å²) < 4.78 is 2.29. The highest BCUT2D eigenvalue weighted by Crippen LogP contribution is 2.44. The van der Waals surface area contributed by atoms with Crippen molar-refractivity contribution in [2.24, 2.45) is 13.0 Å². The fourth-order valence-electron chi connectivity index (χ4n) is 4.41. The first-order valence-corrected chi connectivity index (χ1v) is 9.02. The van der Waals surface area contributed by atoms with E-state index in [0.717, 1.165) is 25.7 Å². The van der Waals surface area contributed by atoms with Crippen LogP contribution in [0, 0.1) is 5.92 Å². The van der Waals surface area contributed by atoms with Gasteiger partial charge in [0.15, 0.2) is 0 Å². The second-order valence-corrected chi connectivity index (χ2v) is 7.09. The van der Waals surface area contributed by atoms with Crippen molar-refractivity contribution >= 4 is 16.9 Å². The molecule has 3 aromatic rings. The minimum Gasteiger partial charge on any atom is -0.481 e. The van der Waals surface area contributed by atoms with Gasteiger partial charge < -0.3 is 9.67 Å². The van der Waals surface area contributed by atoms with Gasteiger partial charge in [-0.15, -0.1) is 0 Å². The van der Waals surface area contributed by atoms with Gasteiger partial charge >= 0.3 is 5.97 Å². The van der Waals surface area contributed by atoms with Crippen LogP contribution < -0.4 is 0 Å². The molecule has 1 aliphatic carbocycles. The predicted molar refractivity (Wildman–Crippen MR) is 101 cm³/mol. The van der Waals surface area contributed by atoms with Crippen molar-refractivity contribution in [2.45, 2.75) is 31.6 Å². The first-order chi connectivity index (χ1) is 12.2. The van der Waals surface area contributed by atoms with Gasteiger partial charge in [0.05, 0.1) is 11.6 Å². The van der Waals surface area contributed by atoms with Crippen LogP contribution in [0.15, 0.2) is 54.6 Å². The Kier molecular flexibility index (Phi) is 4.08. The number of fused-ring (bicyclic) bond motifs is 1. The number of carboxylic acids is 1. The lowest BCUT2D eigenvalue weighted by atomic mass is 9.77. The highest BCUT2D eigenvalue weighted by atomic mass is 16.4. The molecule has 1 N–H and O–H groups in total. The third kappa shape index (κ3) is 2.74. The number of rotatable bonds is 3. The van der Waals surface area contributed by atoms with Gasteiger partial charge in [0.2, 0.25) is 0 Å². The molecular formula is C22H23NO2. The Morgan fingerprint density at radius 1 is 0.960 bits per heavy atom. The molecule has 25 heavy (non-hydrogen) atoms. The van der Waals surface area contributed by atoms with Crippen LogP contribution in [0.25, 0.3) is 22.2 Å². The number of aromatic nitrogens is 1. The van der Waals surface area contributed by atoms with E-state index >= 15 is 0 Å². The van der Waals surface area contributed by atoms with Crippen LogP contribution >= 0.6 is 0 Å². The summed E-state index contributed by atoms with van der Waals surface area (Å²) in [7, 11) is 2.14. The van der Waals surface area contributed by atoms with Crippen LogP contribution in [0.1, 0.15) is 37.2 Å². The van der Waals surface area contributed by atoms with Crippen LogP contribution in [0.5, 0.6) is 0 Å². The van der Waals surface area contributed by atoms with Gasteiger partial charge in [0.25, 0.3) is 0 Å². The third-order valence-electron chi connectivity index (χ3n) is 5.68. The van der Waals surface area contributed by atoms with Gasteiger partial charge in [-0.2, -0.15) is 0 Å². The van der Waals surface area contributed by atoms with E-state index in [4.69, 9.17) is 0 Å². The van der Waals surface area contributed by atoms with Crippen molar-refractivity contribution in [2.75, 3.05) is 0 Å². The molecule has 0 aliphatic heterocycles. The maximum Gasteiger partial charge on any atom is 0.306 e. The van der Waals surface area contributed by atoms with Crippen LogP contribution in [0.3, 0.4) is 0 Å². The molecule has 1 heterocycles. The minimum atomic E-state index is -0.639. The SMILES string of the molecule is Cn1c(-c2ccccc2)c([C@H]2CC[C@@H](C(=O)O)CC2)c2ccccc21. The van der Waals surface area contributed by atoms with E-state index in [-0.39, 0.29) is 5.92 Å². The van der Waals surface area contributed by atoms with Crippen molar-refractivity contribution in [3.8, 4) is 11.3 Å². The van der Waals surface area contributed by atoms with Crippen LogP contribution in [-0.4, -0.2) is 15.6 Å². The molecule has 1 fully saturated rings. The second-order valence-electron chi connectivity index (χ2n) is 7.09. The van der Waals surface area contributed by atoms with Crippen molar-refractivity contribution < 1.29 is 9.90 Å². The first kappa shape index (κ1) is 15.9. The molecule has 1 aromatic heterocycles. The molecule has 0 spiro atoms. The first-order valence-electron chi connectivity index (χ1n) is 9.02. The number of hydrogen-bond donors (Lipinski definition) is 1. The van der Waals surface area contributed by atoms with Gasteiger partial charge in [0.1, 0.15) is 0 Å². The number of aryl methyl sites for hydroxylation is 1. The molecule has 2 aromatic carbocycles. The number of aliphatic carboxylic acids is 1. The Morgan fingerprint density at radius 3 is 2.28 bits per heavy atom. The second kappa shape index (κ2) is 6.40. The number of nitrogens with zero attached hydrogens (tertiary/aromatic N) is 1. The molecule has 0 saturated heterocycles. The Balaban J connectivity index is 1.84. The Morgan fingerprint density at radius 2 is 1.60 bits per heavy atom. The van der Waals surface area contributed by atoms with Crippen molar-refractivity contribution in [1.29, 1.82) is 0 Å². The van der Waals surface area contributed by atoms with Gasteiger partial charge in [0, 0.05) is 18.0 Å². The zero-order valence-corrected chi connectivity index (χ0v) is 14.5. The monoisotopic (exact) mass is 333 g/mol. The number of para-hydroxylation sites is 1. The molecule has 0 bridgehead atoms. The number of hydrogen-bond acceptors (Lipinski definition) is 1. The number of benzene rings is 2. The van der Waals surface area contributed by atoms with Crippen molar-refractivity contribution in [3.63, 3.8) is 0 Å². The summed E-state index contributed by atoms with van der Waals surface area (Å²) in [5, 5.41) is 10.6. The Bertz CT molecular complexity index is 902. The smallest absolute Gasteiger partial charge is 0.306 e. The van der Waals surface area contributed by atoms with Gasteiger partial charge in [-0.3, -0.25) is 4.79 Å². The molecule has 3 heteroatoms. The summed E-state index contributed by atoms with van der Waals surface area (Å²) in [4.78, 5) is 11.3. The van der Waals surface area contributed by atoms with E-state index in [1.54, 1.807) is 0 Å². The van der Waals surface area contributed by atoms with E-state index in [0.29, 0.717) is 5.92 Å². The molecule has 0 radical (unpaired) electrons. The maximum atomic E-state index is 11.3. The normalized spacial score (nSPS) is 20.7. The zero-order chi connectivity index (χ0) is 17.4. The van der Waals surface area contributed by atoms with Crippen LogP contribution in [0.2, 0.25) is 0 Å². The highest BCUT2D eigenvalue weighted by Gasteiger charge is 2.30. The summed E-state index contributed by atoms with van der Waals surface area (Å²) >= 11 is 0. The predicted octanol–water partition coefficient (Wildman–Crippen LogP) is 5.20. The Labute approximate surface area is 147 Å². The third-order valence-corrected chi connectivity index (χ3v) is 5.68. The Hall–Kier alpha value is -2.55. The summed E-state index contributed by atoms with van der Waals surface area (Å²) in [5.74, 6) is -0.386. The van der Waals surface area contributed by atoms with Crippen LogP contribution in [-0.2, 0) is 11.8 Å². The summed E-state index contributed by atoms with van der Waals surface area (Å²) in [6, 6.07) is 19.1. The molecular weight excluding hydrogens is 310 g/mol. The average Bonchev–Trinajstić information content (AvgIpc) is 2.95. The number of carbonyl (C=O) groups is 1. The lowest BCUT2D eigenvalue weighted by molar-refractivity contribution is -0.142. The van der Waals surface area contributed by atoms with Crippen molar-refractivity contribution in [1.82, 2.24) is 4.57 Å². The minimum absolute atomic E-state index is 0.175. The lowest BCUT2D eigenvalue weighted by Gasteiger charge is -2.27. The molecule has 0 atom stereocenters. The van der Waals surface area contributed by atoms with E-state index in [1.165, 1.54) is 27.7 Å². The largest absolute Gasteiger partial charge is 0.481 e. The summed E-state index contributed by atoms with van der Waals surface area (Å²) in [5.41, 5.74) is 5.15. The molecule has 0 unspecified atom stereocenters. The quantitative estimate of drug-likeness (QED) is 0.715. The summed E-state index contributed by atoms with van der Waals surface area (Å²) in [6.45, 7) is 0. The molecule has 1 aliphatic rings. The maximum absolute atomic E-state index is 11.3. The molecule has 0 amide bonds. The van der Waals surface area contributed by atoms with Crippen molar-refractivity contribution in [3.05, 3.63) is 60.2 Å². The lowest BCUT2D eigenvalue weighted by Crippen LogP contribution is -2.20. The zero-order valence-electron chi connectivity index (χ0n) is 14.5. The molecule has 3 nitrogen and oxygen atoms in total. The standard InChI is InChI=1S/C22H23NO2/c1-23-19-10-6-5-9-18(19)20(21(23)16-7-3-2-4-8-16)15-11-13-17(14-12-15)22(24)25/h2-10,15,17H,11-14H2,1H3,(H,24,25)/t15-,17+.